The molecule has 0 saturated heterocycles. The van der Waals surface area contributed by atoms with E-state index in [1.807, 2.05) is 0 Å². The van der Waals surface area contributed by atoms with E-state index >= 15 is 0 Å². The Bertz CT molecular complexity index is 1310. The fourth-order valence-electron chi connectivity index (χ4n) is 2.86. The summed E-state index contributed by atoms with van der Waals surface area (Å²) in [6.45, 7) is 1.65. The van der Waals surface area contributed by atoms with Gasteiger partial charge in [0, 0.05) is 23.4 Å². The molecule has 0 heterocycles. The highest BCUT2D eigenvalue weighted by atomic mass is 32.2. The Morgan fingerprint density at radius 1 is 0.939 bits per heavy atom. The molecule has 0 aliphatic rings. The molecule has 10 nitrogen and oxygen atoms in total. The van der Waals surface area contributed by atoms with Gasteiger partial charge in [0.15, 0.2) is 0 Å². The maximum absolute atomic E-state index is 12.7. The van der Waals surface area contributed by atoms with Gasteiger partial charge in [-0.3, -0.25) is 19.6 Å². The predicted octanol–water partition coefficient (Wildman–Crippen LogP) is 3.82. The lowest BCUT2D eigenvalue weighted by molar-refractivity contribution is -0.384. The van der Waals surface area contributed by atoms with Gasteiger partial charge < -0.3 is 10.1 Å². The number of hydrogen-bond acceptors (Lipinski definition) is 7. The SMILES string of the molecule is CCOC(=O)c1cc(C(=O)Nc2cccc(NS(=O)(=O)c3ccccc3)c2)cc([N+](=O)[O-])c1. The summed E-state index contributed by atoms with van der Waals surface area (Å²) in [6.07, 6.45) is 0. The number of amides is 1. The van der Waals surface area contributed by atoms with Crippen molar-refractivity contribution in [1.82, 2.24) is 0 Å². The summed E-state index contributed by atoms with van der Waals surface area (Å²) in [7, 11) is -3.84. The van der Waals surface area contributed by atoms with Crippen molar-refractivity contribution in [1.29, 1.82) is 0 Å². The van der Waals surface area contributed by atoms with Gasteiger partial charge in [-0.05, 0) is 43.3 Å². The lowest BCUT2D eigenvalue weighted by Gasteiger charge is -2.11. The van der Waals surface area contributed by atoms with Crippen molar-refractivity contribution in [2.45, 2.75) is 11.8 Å². The summed E-state index contributed by atoms with van der Waals surface area (Å²) in [5.74, 6) is -1.53. The first kappa shape index (κ1) is 23.4. The van der Waals surface area contributed by atoms with Crippen molar-refractivity contribution in [3.8, 4) is 0 Å². The molecule has 3 rings (SSSR count). The normalized spacial score (nSPS) is 10.8. The first-order chi connectivity index (χ1) is 15.7. The van der Waals surface area contributed by atoms with Crippen LogP contribution in [0.25, 0.3) is 0 Å². The second-order valence-electron chi connectivity index (χ2n) is 6.70. The van der Waals surface area contributed by atoms with Gasteiger partial charge >= 0.3 is 5.97 Å². The number of sulfonamides is 1. The number of nitro groups is 1. The number of rotatable bonds is 8. The van der Waals surface area contributed by atoms with Crippen LogP contribution in [0, 0.1) is 10.1 Å². The Morgan fingerprint density at radius 2 is 1.61 bits per heavy atom. The zero-order valence-electron chi connectivity index (χ0n) is 17.3. The molecule has 0 aliphatic heterocycles. The third-order valence-electron chi connectivity index (χ3n) is 4.33. The maximum atomic E-state index is 12.7. The van der Waals surface area contributed by atoms with E-state index < -0.39 is 32.5 Å². The Hall–Kier alpha value is -4.25. The van der Waals surface area contributed by atoms with Crippen LogP contribution in [0.15, 0.2) is 77.7 Å². The van der Waals surface area contributed by atoms with Crippen molar-refractivity contribution >= 4 is 39.0 Å². The van der Waals surface area contributed by atoms with Crippen molar-refractivity contribution in [3.05, 3.63) is 94.0 Å². The summed E-state index contributed by atoms with van der Waals surface area (Å²) in [5, 5.41) is 13.8. The summed E-state index contributed by atoms with van der Waals surface area (Å²) in [6, 6.07) is 16.9. The summed E-state index contributed by atoms with van der Waals surface area (Å²) < 4.78 is 32.3. The first-order valence-electron chi connectivity index (χ1n) is 9.65. The van der Waals surface area contributed by atoms with Crippen LogP contribution in [0.3, 0.4) is 0 Å². The molecule has 0 unspecified atom stereocenters. The lowest BCUT2D eigenvalue weighted by Crippen LogP contribution is -2.15. The van der Waals surface area contributed by atoms with Gasteiger partial charge in [-0.15, -0.1) is 0 Å². The van der Waals surface area contributed by atoms with Gasteiger partial charge in [-0.25, -0.2) is 13.2 Å². The van der Waals surface area contributed by atoms with Gasteiger partial charge in [0.1, 0.15) is 0 Å². The molecule has 0 fully saturated rings. The highest BCUT2D eigenvalue weighted by Gasteiger charge is 2.19. The maximum Gasteiger partial charge on any atom is 0.338 e. The zero-order valence-corrected chi connectivity index (χ0v) is 18.2. The Balaban J connectivity index is 1.84. The number of nitro benzene ring substituents is 1. The predicted molar refractivity (Wildman–Crippen MR) is 121 cm³/mol. The highest BCUT2D eigenvalue weighted by molar-refractivity contribution is 7.92. The number of nitrogens with one attached hydrogen (secondary N) is 2. The van der Waals surface area contributed by atoms with Gasteiger partial charge in [0.25, 0.3) is 21.6 Å². The van der Waals surface area contributed by atoms with Crippen molar-refractivity contribution < 1.29 is 27.7 Å². The molecule has 0 atom stereocenters. The van der Waals surface area contributed by atoms with E-state index in [-0.39, 0.29) is 34.0 Å². The molecule has 11 heteroatoms. The van der Waals surface area contributed by atoms with Crippen molar-refractivity contribution in [3.63, 3.8) is 0 Å². The van der Waals surface area contributed by atoms with Crippen molar-refractivity contribution in [2.75, 3.05) is 16.6 Å². The second-order valence-corrected chi connectivity index (χ2v) is 8.38. The molecule has 0 aromatic heterocycles. The van der Waals surface area contributed by atoms with E-state index in [1.165, 1.54) is 42.5 Å². The van der Waals surface area contributed by atoms with Crippen LogP contribution < -0.4 is 10.0 Å². The number of non-ortho nitro benzene ring substituents is 1. The van der Waals surface area contributed by atoms with Gasteiger partial charge in [0.05, 0.1) is 27.7 Å². The molecular formula is C22H19N3O7S. The van der Waals surface area contributed by atoms with E-state index in [4.69, 9.17) is 4.74 Å². The van der Waals surface area contributed by atoms with Crippen LogP contribution in [0.1, 0.15) is 27.6 Å². The highest BCUT2D eigenvalue weighted by Crippen LogP contribution is 2.22. The molecule has 3 aromatic rings. The zero-order chi connectivity index (χ0) is 24.0. The largest absolute Gasteiger partial charge is 0.462 e. The molecule has 170 valence electrons. The summed E-state index contributed by atoms with van der Waals surface area (Å²) >= 11 is 0. The number of benzene rings is 3. The van der Waals surface area contributed by atoms with Crippen LogP contribution in [0.2, 0.25) is 0 Å². The molecule has 0 spiro atoms. The van der Waals surface area contributed by atoms with E-state index in [9.17, 15) is 28.1 Å². The van der Waals surface area contributed by atoms with Gasteiger partial charge in [-0.1, -0.05) is 24.3 Å². The van der Waals surface area contributed by atoms with E-state index in [0.29, 0.717) is 0 Å². The Kier molecular flexibility index (Phi) is 7.04. The number of nitrogens with zero attached hydrogens (tertiary/aromatic N) is 1. The monoisotopic (exact) mass is 469 g/mol. The average molecular weight is 469 g/mol. The Morgan fingerprint density at radius 3 is 2.27 bits per heavy atom. The number of carbonyl (C=O) groups is 2. The molecule has 1 amide bonds. The van der Waals surface area contributed by atoms with Gasteiger partial charge in [-0.2, -0.15) is 0 Å². The molecule has 0 bridgehead atoms. The molecular weight excluding hydrogens is 450 g/mol. The standard InChI is InChI=1S/C22H19N3O7S/c1-2-32-22(27)16-11-15(12-19(13-16)25(28)29)21(26)23-17-7-6-8-18(14-17)24-33(30,31)20-9-4-3-5-10-20/h3-14,24H,2H2,1H3,(H,23,26). The molecule has 0 aliphatic carbocycles. The van der Waals surface area contributed by atoms with Crippen LogP contribution in [0.4, 0.5) is 17.1 Å². The summed E-state index contributed by atoms with van der Waals surface area (Å²) in [5.41, 5.74) is -0.293. The van der Waals surface area contributed by atoms with Crippen LogP contribution >= 0.6 is 0 Å². The molecule has 3 aromatic carbocycles. The quantitative estimate of drug-likeness (QED) is 0.290. The van der Waals surface area contributed by atoms with E-state index in [0.717, 1.165) is 12.1 Å². The average Bonchev–Trinajstić information content (AvgIpc) is 2.79. The fraction of sp³-hybridized carbons (Fsp3) is 0.0909. The smallest absolute Gasteiger partial charge is 0.338 e. The lowest BCUT2D eigenvalue weighted by atomic mass is 10.1. The third-order valence-corrected chi connectivity index (χ3v) is 5.73. The molecule has 0 saturated carbocycles. The number of ether oxygens (including phenoxy) is 1. The van der Waals surface area contributed by atoms with Crippen LogP contribution in [0.5, 0.6) is 0 Å². The number of carbonyl (C=O) groups excluding carboxylic acids is 2. The number of anilines is 2. The van der Waals surface area contributed by atoms with Gasteiger partial charge in [0.2, 0.25) is 0 Å². The van der Waals surface area contributed by atoms with E-state index in [1.54, 1.807) is 25.1 Å². The van der Waals surface area contributed by atoms with Crippen LogP contribution in [-0.4, -0.2) is 31.8 Å². The molecule has 33 heavy (non-hydrogen) atoms. The molecule has 0 radical (unpaired) electrons. The minimum Gasteiger partial charge on any atom is -0.462 e. The topological polar surface area (TPSA) is 145 Å². The minimum atomic E-state index is -3.84. The second kappa shape index (κ2) is 9.92. The number of hydrogen-bond donors (Lipinski definition) is 2. The first-order valence-corrected chi connectivity index (χ1v) is 11.1. The van der Waals surface area contributed by atoms with Crippen LogP contribution in [-0.2, 0) is 14.8 Å². The van der Waals surface area contributed by atoms with E-state index in [2.05, 4.69) is 10.0 Å². The number of esters is 1. The van der Waals surface area contributed by atoms with Crippen molar-refractivity contribution in [2.24, 2.45) is 0 Å². The molecule has 2 N–H and O–H groups in total. The Labute approximate surface area is 189 Å². The third kappa shape index (κ3) is 5.92. The summed E-state index contributed by atoms with van der Waals surface area (Å²) in [4.78, 5) is 35.3. The minimum absolute atomic E-state index is 0.0642. The fourth-order valence-corrected chi connectivity index (χ4v) is 3.93.